The van der Waals surface area contributed by atoms with Crippen molar-refractivity contribution < 1.29 is 18.8 Å². The zero-order valence-corrected chi connectivity index (χ0v) is 13.9. The number of methoxy groups -OCH3 is 1. The monoisotopic (exact) mass is 332 g/mol. The van der Waals surface area contributed by atoms with Crippen LogP contribution >= 0.6 is 0 Å². The van der Waals surface area contributed by atoms with Crippen molar-refractivity contribution in [2.45, 2.75) is 12.5 Å². The summed E-state index contributed by atoms with van der Waals surface area (Å²) in [6.07, 6.45) is 2.39. The summed E-state index contributed by atoms with van der Waals surface area (Å²) in [5, 5.41) is 3.66. The molecule has 1 aliphatic heterocycles. The summed E-state index contributed by atoms with van der Waals surface area (Å²) in [7, 11) is 5.30. The van der Waals surface area contributed by atoms with Gasteiger partial charge in [-0.3, -0.25) is 4.79 Å². The number of hydrogen-bond donors (Lipinski definition) is 0. The average Bonchev–Trinajstić information content (AvgIpc) is 3.23. The normalized spacial score (nSPS) is 17.0. The predicted molar refractivity (Wildman–Crippen MR) is 86.6 cm³/mol. The molecule has 0 N–H and O–H groups in total. The van der Waals surface area contributed by atoms with E-state index in [9.17, 15) is 4.79 Å². The third-order valence-corrected chi connectivity index (χ3v) is 3.81. The van der Waals surface area contributed by atoms with Gasteiger partial charge in [0, 0.05) is 33.3 Å². The molecule has 1 fully saturated rings. The lowest BCUT2D eigenvalue weighted by molar-refractivity contribution is 0.0731. The van der Waals surface area contributed by atoms with Crippen LogP contribution in [-0.2, 0) is 0 Å². The van der Waals surface area contributed by atoms with Crippen molar-refractivity contribution in [2.24, 2.45) is 0 Å². The Morgan fingerprint density at radius 3 is 3.00 bits per heavy atom. The lowest BCUT2D eigenvalue weighted by atomic mass is 10.3. The molecule has 1 amide bonds. The van der Waals surface area contributed by atoms with Crippen LogP contribution in [0, 0.1) is 0 Å². The van der Waals surface area contributed by atoms with E-state index >= 15 is 0 Å². The maximum absolute atomic E-state index is 12.4. The van der Waals surface area contributed by atoms with E-state index in [-0.39, 0.29) is 23.7 Å². The number of ether oxygens (including phenoxy) is 2. The van der Waals surface area contributed by atoms with Crippen molar-refractivity contribution in [3.8, 4) is 11.6 Å². The van der Waals surface area contributed by atoms with Gasteiger partial charge in [-0.15, -0.1) is 0 Å². The third-order valence-electron chi connectivity index (χ3n) is 3.81. The average molecular weight is 332 g/mol. The third kappa shape index (κ3) is 3.27. The summed E-state index contributed by atoms with van der Waals surface area (Å²) in [4.78, 5) is 20.3. The smallest absolute Gasteiger partial charge is 0.292 e. The van der Waals surface area contributed by atoms with Crippen LogP contribution in [-0.4, -0.2) is 61.3 Å². The van der Waals surface area contributed by atoms with Crippen molar-refractivity contribution in [1.29, 1.82) is 0 Å². The van der Waals surface area contributed by atoms with Crippen LogP contribution in [0.1, 0.15) is 17.0 Å². The van der Waals surface area contributed by atoms with E-state index < -0.39 is 0 Å². The number of amides is 1. The maximum Gasteiger partial charge on any atom is 0.292 e. The SMILES string of the molecule is COc1cc(C(=O)N2CC[C@H](Oc3cccnc3N(C)C)C2)on1. The zero-order chi connectivity index (χ0) is 17.1. The number of carbonyl (C=O) groups excluding carboxylic acids is 1. The molecule has 0 spiro atoms. The topological polar surface area (TPSA) is 80.9 Å². The molecule has 2 aromatic heterocycles. The molecule has 3 heterocycles. The van der Waals surface area contributed by atoms with Gasteiger partial charge < -0.3 is 23.8 Å². The first-order chi connectivity index (χ1) is 11.6. The van der Waals surface area contributed by atoms with E-state index in [1.54, 1.807) is 11.1 Å². The molecule has 1 aliphatic rings. The molecule has 1 atom stereocenters. The fourth-order valence-corrected chi connectivity index (χ4v) is 2.61. The van der Waals surface area contributed by atoms with Crippen LogP contribution in [0.25, 0.3) is 0 Å². The number of nitrogens with zero attached hydrogens (tertiary/aromatic N) is 4. The standard InChI is InChI=1S/C16H20N4O4/c1-19(2)15-12(5-4-7-17-15)23-11-6-8-20(10-11)16(21)13-9-14(22-3)18-24-13/h4-5,7,9,11H,6,8,10H2,1-3H3/t11-/m0/s1. The fourth-order valence-electron chi connectivity index (χ4n) is 2.61. The highest BCUT2D eigenvalue weighted by atomic mass is 16.5. The van der Waals surface area contributed by atoms with Crippen LogP contribution in [0.4, 0.5) is 5.82 Å². The Labute approximate surface area is 139 Å². The Bertz CT molecular complexity index is 716. The second kappa shape index (κ2) is 6.77. The molecular formula is C16H20N4O4. The van der Waals surface area contributed by atoms with Gasteiger partial charge in [-0.25, -0.2) is 4.98 Å². The Balaban J connectivity index is 1.64. The van der Waals surface area contributed by atoms with Crippen molar-refractivity contribution in [2.75, 3.05) is 39.2 Å². The first kappa shape index (κ1) is 16.1. The quantitative estimate of drug-likeness (QED) is 0.819. The van der Waals surface area contributed by atoms with E-state index in [0.29, 0.717) is 18.8 Å². The minimum absolute atomic E-state index is 0.0818. The van der Waals surface area contributed by atoms with E-state index in [1.165, 1.54) is 13.2 Å². The summed E-state index contributed by atoms with van der Waals surface area (Å²) in [6, 6.07) is 5.21. The van der Waals surface area contributed by atoms with Gasteiger partial charge in [0.2, 0.25) is 5.76 Å². The second-order valence-corrected chi connectivity index (χ2v) is 5.73. The van der Waals surface area contributed by atoms with Crippen LogP contribution in [0.3, 0.4) is 0 Å². The number of carbonyl (C=O) groups is 1. The Morgan fingerprint density at radius 2 is 2.29 bits per heavy atom. The molecule has 8 nitrogen and oxygen atoms in total. The maximum atomic E-state index is 12.4. The highest BCUT2D eigenvalue weighted by molar-refractivity contribution is 5.91. The van der Waals surface area contributed by atoms with E-state index in [1.807, 2.05) is 31.1 Å². The summed E-state index contributed by atoms with van der Waals surface area (Å²) in [5.74, 6) is 1.72. The lowest BCUT2D eigenvalue weighted by Crippen LogP contribution is -2.30. The van der Waals surface area contributed by atoms with Crippen molar-refractivity contribution in [3.05, 3.63) is 30.2 Å². The van der Waals surface area contributed by atoms with Gasteiger partial charge in [0.15, 0.2) is 11.6 Å². The first-order valence-electron chi connectivity index (χ1n) is 7.67. The molecule has 0 radical (unpaired) electrons. The minimum Gasteiger partial charge on any atom is -0.485 e. The zero-order valence-electron chi connectivity index (χ0n) is 13.9. The number of pyridine rings is 1. The second-order valence-electron chi connectivity index (χ2n) is 5.73. The molecule has 128 valence electrons. The first-order valence-corrected chi connectivity index (χ1v) is 7.67. The van der Waals surface area contributed by atoms with E-state index in [4.69, 9.17) is 14.0 Å². The summed E-state index contributed by atoms with van der Waals surface area (Å²) < 4.78 is 16.0. The van der Waals surface area contributed by atoms with Gasteiger partial charge in [-0.05, 0) is 17.3 Å². The van der Waals surface area contributed by atoms with Crippen molar-refractivity contribution >= 4 is 11.7 Å². The Hall–Kier alpha value is -2.77. The molecule has 1 saturated heterocycles. The fraction of sp³-hybridized carbons (Fsp3) is 0.438. The van der Waals surface area contributed by atoms with Gasteiger partial charge in [0.25, 0.3) is 11.8 Å². The molecule has 8 heteroatoms. The minimum atomic E-state index is -0.212. The van der Waals surface area contributed by atoms with Crippen LogP contribution in [0.5, 0.6) is 11.6 Å². The molecule has 24 heavy (non-hydrogen) atoms. The number of anilines is 1. The van der Waals surface area contributed by atoms with Gasteiger partial charge in [-0.2, -0.15) is 0 Å². The van der Waals surface area contributed by atoms with E-state index in [0.717, 1.165) is 12.2 Å². The molecule has 0 unspecified atom stereocenters. The molecule has 0 saturated carbocycles. The Kier molecular flexibility index (Phi) is 4.54. The molecule has 0 aromatic carbocycles. The molecule has 0 bridgehead atoms. The lowest BCUT2D eigenvalue weighted by Gasteiger charge is -2.20. The number of aromatic nitrogens is 2. The molecular weight excluding hydrogens is 312 g/mol. The van der Waals surface area contributed by atoms with Gasteiger partial charge in [0.1, 0.15) is 6.10 Å². The molecule has 0 aliphatic carbocycles. The van der Waals surface area contributed by atoms with Gasteiger partial charge >= 0.3 is 0 Å². The number of rotatable bonds is 5. The predicted octanol–water partition coefficient (Wildman–Crippen LogP) is 1.44. The highest BCUT2D eigenvalue weighted by Crippen LogP contribution is 2.27. The van der Waals surface area contributed by atoms with Crippen molar-refractivity contribution in [3.63, 3.8) is 0 Å². The van der Waals surface area contributed by atoms with E-state index in [2.05, 4.69) is 10.1 Å². The van der Waals surface area contributed by atoms with Crippen molar-refractivity contribution in [1.82, 2.24) is 15.0 Å². The van der Waals surface area contributed by atoms with Crippen LogP contribution < -0.4 is 14.4 Å². The summed E-state index contributed by atoms with van der Waals surface area (Å²) in [5.41, 5.74) is 0. The van der Waals surface area contributed by atoms with Crippen LogP contribution in [0.2, 0.25) is 0 Å². The largest absolute Gasteiger partial charge is 0.485 e. The highest BCUT2D eigenvalue weighted by Gasteiger charge is 2.31. The molecule has 3 rings (SSSR count). The van der Waals surface area contributed by atoms with Crippen LogP contribution in [0.15, 0.2) is 28.9 Å². The molecule has 2 aromatic rings. The summed E-state index contributed by atoms with van der Waals surface area (Å²) in [6.45, 7) is 1.09. The van der Waals surface area contributed by atoms with Gasteiger partial charge in [-0.1, -0.05) is 0 Å². The van der Waals surface area contributed by atoms with Gasteiger partial charge in [0.05, 0.1) is 19.7 Å². The Morgan fingerprint density at radius 1 is 1.46 bits per heavy atom. The number of likely N-dealkylation sites (tertiary alicyclic amines) is 1. The number of hydrogen-bond acceptors (Lipinski definition) is 7. The summed E-state index contributed by atoms with van der Waals surface area (Å²) >= 11 is 0.